The third-order valence-corrected chi connectivity index (χ3v) is 11.7. The van der Waals surface area contributed by atoms with Crippen molar-refractivity contribution in [2.24, 2.45) is 0 Å². The Hall–Kier alpha value is -6.76. The number of fused-ring (bicyclic) bond motifs is 7. The number of rotatable bonds is 5. The van der Waals surface area contributed by atoms with Gasteiger partial charge in [-0.2, -0.15) is 0 Å². The number of hydrogen-bond acceptors (Lipinski definition) is 6. The van der Waals surface area contributed by atoms with Gasteiger partial charge in [-0.05, 0) is 53.6 Å². The summed E-state index contributed by atoms with van der Waals surface area (Å²) in [6, 6.07) is 46.9. The average molecular weight is 711 g/mol. The van der Waals surface area contributed by atoms with Gasteiger partial charge in [-0.3, -0.25) is 0 Å². The predicted molar refractivity (Wildman–Crippen MR) is 221 cm³/mol. The number of benzene rings is 5. The molecule has 0 N–H and O–H groups in total. The summed E-state index contributed by atoms with van der Waals surface area (Å²) in [5, 5.41) is 3.58. The van der Waals surface area contributed by atoms with Gasteiger partial charge in [0.2, 0.25) is 0 Å². The van der Waals surface area contributed by atoms with Gasteiger partial charge in [-0.1, -0.05) is 115 Å². The molecule has 254 valence electrons. The maximum atomic E-state index is 6.38. The lowest BCUT2D eigenvalue weighted by Gasteiger charge is -2.14. The Bertz CT molecular complexity index is 2980. The molecule has 54 heavy (non-hydrogen) atoms. The molecule has 0 fully saturated rings. The zero-order valence-electron chi connectivity index (χ0n) is 28.9. The van der Waals surface area contributed by atoms with Crippen molar-refractivity contribution in [3.05, 3.63) is 176 Å². The Morgan fingerprint density at radius 2 is 1.28 bits per heavy atom. The molecular formula is C48H30N4OS. The standard InChI is InChI=1S/C48H30N4OS/c1-2-9-31(10-3-1)47-51-40(27-41(52-47)33-21-22-35-34-11-4-6-14-42(34)53-43(35)25-33)29-16-18-30(19-17-29)46-38-13-8-24-49-48(38)50-28-39(46)32-20-23-37-36-12-5-7-15-44(36)54-45(37)26-32/h1-28,34,42H. The third-order valence-electron chi connectivity index (χ3n) is 10.6. The fourth-order valence-corrected chi connectivity index (χ4v) is 9.06. The van der Waals surface area contributed by atoms with Crippen molar-refractivity contribution in [3.8, 4) is 61.9 Å². The Morgan fingerprint density at radius 3 is 2.19 bits per heavy atom. The average Bonchev–Trinajstić information content (AvgIpc) is 3.81. The molecule has 0 saturated carbocycles. The van der Waals surface area contributed by atoms with Crippen molar-refractivity contribution < 1.29 is 4.74 Å². The molecule has 5 aromatic carbocycles. The number of allylic oxidation sites excluding steroid dienone is 2. The van der Waals surface area contributed by atoms with Crippen molar-refractivity contribution >= 4 is 42.5 Å². The van der Waals surface area contributed by atoms with Crippen LogP contribution in [0.1, 0.15) is 11.5 Å². The van der Waals surface area contributed by atoms with E-state index in [1.54, 1.807) is 6.20 Å². The normalized spacial score (nSPS) is 15.8. The molecule has 1 aliphatic carbocycles. The molecule has 0 saturated heterocycles. The number of pyridine rings is 2. The lowest BCUT2D eigenvalue weighted by Crippen LogP contribution is -2.15. The molecule has 0 bridgehead atoms. The van der Waals surface area contributed by atoms with Gasteiger partial charge in [0.05, 0.1) is 11.4 Å². The van der Waals surface area contributed by atoms with Gasteiger partial charge in [0.25, 0.3) is 0 Å². The molecule has 6 heteroatoms. The molecule has 1 aliphatic heterocycles. The Labute approximate surface area is 315 Å². The second-order valence-corrected chi connectivity index (χ2v) is 14.9. The van der Waals surface area contributed by atoms with E-state index in [0.29, 0.717) is 5.82 Å². The highest BCUT2D eigenvalue weighted by atomic mass is 32.1. The Morgan fingerprint density at radius 1 is 0.537 bits per heavy atom. The molecule has 0 spiro atoms. The smallest absolute Gasteiger partial charge is 0.160 e. The van der Waals surface area contributed by atoms with Gasteiger partial charge < -0.3 is 4.74 Å². The molecule has 5 nitrogen and oxygen atoms in total. The highest BCUT2D eigenvalue weighted by Gasteiger charge is 2.32. The maximum absolute atomic E-state index is 6.38. The molecule has 2 atom stereocenters. The van der Waals surface area contributed by atoms with E-state index in [-0.39, 0.29) is 12.0 Å². The van der Waals surface area contributed by atoms with Crippen LogP contribution in [0.15, 0.2) is 170 Å². The van der Waals surface area contributed by atoms with Crippen molar-refractivity contribution in [3.63, 3.8) is 0 Å². The first-order valence-corrected chi connectivity index (χ1v) is 18.9. The van der Waals surface area contributed by atoms with Gasteiger partial charge in [-0.25, -0.2) is 19.9 Å². The fraction of sp³-hybridized carbons (Fsp3) is 0.0417. The summed E-state index contributed by atoms with van der Waals surface area (Å²) in [5.74, 6) is 1.83. The van der Waals surface area contributed by atoms with Gasteiger partial charge in [0.1, 0.15) is 11.9 Å². The lowest BCUT2D eigenvalue weighted by atomic mass is 9.91. The van der Waals surface area contributed by atoms with E-state index in [4.69, 9.17) is 19.7 Å². The maximum Gasteiger partial charge on any atom is 0.160 e. The number of ether oxygens (including phenoxy) is 1. The van der Waals surface area contributed by atoms with Gasteiger partial charge >= 0.3 is 0 Å². The summed E-state index contributed by atoms with van der Waals surface area (Å²) in [6.45, 7) is 0. The summed E-state index contributed by atoms with van der Waals surface area (Å²) in [6.07, 6.45) is 12.3. The van der Waals surface area contributed by atoms with E-state index in [1.807, 2.05) is 41.8 Å². The van der Waals surface area contributed by atoms with Gasteiger partial charge in [0, 0.05) is 77.3 Å². The molecule has 0 amide bonds. The van der Waals surface area contributed by atoms with Crippen molar-refractivity contribution in [2.75, 3.05) is 0 Å². The zero-order chi connectivity index (χ0) is 35.6. The van der Waals surface area contributed by atoms with E-state index in [1.165, 1.54) is 25.7 Å². The van der Waals surface area contributed by atoms with Crippen LogP contribution in [0, 0.1) is 0 Å². The quantitative estimate of drug-likeness (QED) is 0.178. The molecule has 9 aromatic rings. The molecule has 5 heterocycles. The summed E-state index contributed by atoms with van der Waals surface area (Å²) >= 11 is 1.83. The number of nitrogens with zero attached hydrogens (tertiary/aromatic N) is 4. The molecule has 4 aromatic heterocycles. The van der Waals surface area contributed by atoms with Crippen LogP contribution < -0.4 is 4.74 Å². The minimum absolute atomic E-state index is 0.0344. The van der Waals surface area contributed by atoms with Crippen molar-refractivity contribution in [2.45, 2.75) is 12.0 Å². The van der Waals surface area contributed by atoms with Crippen LogP contribution in [-0.4, -0.2) is 26.0 Å². The van der Waals surface area contributed by atoms with Gasteiger partial charge in [-0.15, -0.1) is 11.3 Å². The van der Waals surface area contributed by atoms with Crippen LogP contribution in [0.5, 0.6) is 5.75 Å². The first-order chi connectivity index (χ1) is 26.7. The SMILES string of the molecule is C1=CC2Oc3cc(-c4cc(-c5ccc(-c6c(-c7ccc8c(c7)sc7ccccc78)cnc7ncccc67)cc5)nc(-c5ccccc5)n4)ccc3C2C=C1. The van der Waals surface area contributed by atoms with E-state index < -0.39 is 0 Å². The topological polar surface area (TPSA) is 60.8 Å². The van der Waals surface area contributed by atoms with Gasteiger partial charge in [0.15, 0.2) is 11.5 Å². The molecule has 0 radical (unpaired) electrons. The fourth-order valence-electron chi connectivity index (χ4n) is 7.92. The van der Waals surface area contributed by atoms with Crippen LogP contribution in [0.2, 0.25) is 0 Å². The van der Waals surface area contributed by atoms with E-state index >= 15 is 0 Å². The molecule has 2 aliphatic rings. The predicted octanol–water partition coefficient (Wildman–Crippen LogP) is 12.1. The summed E-state index contributed by atoms with van der Waals surface area (Å²) in [4.78, 5) is 19.6. The highest BCUT2D eigenvalue weighted by Crippen LogP contribution is 2.44. The Kier molecular flexibility index (Phi) is 7.10. The minimum atomic E-state index is 0.0344. The second-order valence-electron chi connectivity index (χ2n) is 13.8. The number of aromatic nitrogens is 4. The molecule has 2 unspecified atom stereocenters. The number of thiophene rings is 1. The van der Waals surface area contributed by atoms with E-state index in [2.05, 4.69) is 138 Å². The van der Waals surface area contributed by atoms with Crippen molar-refractivity contribution in [1.82, 2.24) is 19.9 Å². The zero-order valence-corrected chi connectivity index (χ0v) is 29.7. The minimum Gasteiger partial charge on any atom is -0.485 e. The molecule has 11 rings (SSSR count). The first kappa shape index (κ1) is 30.8. The monoisotopic (exact) mass is 710 g/mol. The molecular weight excluding hydrogens is 681 g/mol. The second kappa shape index (κ2) is 12.4. The summed E-state index contributed by atoms with van der Waals surface area (Å²) < 4.78 is 8.93. The highest BCUT2D eigenvalue weighted by molar-refractivity contribution is 7.25. The third kappa shape index (κ3) is 5.14. The van der Waals surface area contributed by atoms with Crippen LogP contribution in [0.3, 0.4) is 0 Å². The van der Waals surface area contributed by atoms with Crippen molar-refractivity contribution in [1.29, 1.82) is 0 Å². The first-order valence-electron chi connectivity index (χ1n) is 18.1. The van der Waals surface area contributed by atoms with E-state index in [9.17, 15) is 0 Å². The largest absolute Gasteiger partial charge is 0.485 e. The number of hydrogen-bond donors (Lipinski definition) is 0. The van der Waals surface area contributed by atoms with Crippen LogP contribution >= 0.6 is 11.3 Å². The lowest BCUT2D eigenvalue weighted by molar-refractivity contribution is 0.269. The van der Waals surface area contributed by atoms with E-state index in [0.717, 1.165) is 67.1 Å². The van der Waals surface area contributed by atoms with Crippen LogP contribution in [-0.2, 0) is 0 Å². The Balaban J connectivity index is 1.02. The summed E-state index contributed by atoms with van der Waals surface area (Å²) in [5.41, 5.74) is 11.0. The van der Waals surface area contributed by atoms with Crippen LogP contribution in [0.4, 0.5) is 0 Å². The summed E-state index contributed by atoms with van der Waals surface area (Å²) in [7, 11) is 0. The van der Waals surface area contributed by atoms with Crippen LogP contribution in [0.25, 0.3) is 87.4 Å².